The first-order valence-electron chi connectivity index (χ1n) is 6.44. The molecule has 0 aliphatic carbocycles. The molecule has 2 atom stereocenters. The lowest BCUT2D eigenvalue weighted by atomic mass is 10.1. The first-order valence-corrected chi connectivity index (χ1v) is 6.44. The number of hydrogen-bond acceptors (Lipinski definition) is 5. The van der Waals surface area contributed by atoms with Crippen molar-refractivity contribution in [1.82, 2.24) is 5.32 Å². The fourth-order valence-corrected chi connectivity index (χ4v) is 2.17. The summed E-state index contributed by atoms with van der Waals surface area (Å²) in [6.45, 7) is 6.88. The van der Waals surface area contributed by atoms with Gasteiger partial charge in [0.05, 0.1) is 12.7 Å². The smallest absolute Gasteiger partial charge is 0.163 e. The van der Waals surface area contributed by atoms with Crippen molar-refractivity contribution in [3.63, 3.8) is 0 Å². The summed E-state index contributed by atoms with van der Waals surface area (Å²) in [5.74, 6) is -0.215. The van der Waals surface area contributed by atoms with Crippen molar-refractivity contribution in [2.75, 3.05) is 13.2 Å². The predicted molar refractivity (Wildman–Crippen MR) is 71.1 cm³/mol. The van der Waals surface area contributed by atoms with Crippen LogP contribution in [0.5, 0.6) is 11.5 Å². The first-order chi connectivity index (χ1) is 8.87. The fraction of sp³-hybridized carbons (Fsp3) is 0.571. The molecule has 1 fully saturated rings. The second kappa shape index (κ2) is 5.36. The Morgan fingerprint density at radius 1 is 1.42 bits per heavy atom. The number of rotatable bonds is 4. The average molecular weight is 267 g/mol. The van der Waals surface area contributed by atoms with Gasteiger partial charge in [0.15, 0.2) is 5.79 Å². The zero-order valence-electron chi connectivity index (χ0n) is 11.5. The molecule has 1 aliphatic rings. The van der Waals surface area contributed by atoms with Gasteiger partial charge in [-0.1, -0.05) is 0 Å². The molecule has 19 heavy (non-hydrogen) atoms. The van der Waals surface area contributed by atoms with Gasteiger partial charge in [0, 0.05) is 18.2 Å². The van der Waals surface area contributed by atoms with E-state index in [1.807, 2.05) is 20.8 Å². The quantitative estimate of drug-likeness (QED) is 0.727. The van der Waals surface area contributed by atoms with Gasteiger partial charge in [-0.25, -0.2) is 0 Å². The molecule has 1 heterocycles. The Balaban J connectivity index is 1.91. The minimum absolute atomic E-state index is 0.00287. The molecule has 5 nitrogen and oxygen atoms in total. The van der Waals surface area contributed by atoms with Gasteiger partial charge in [-0.05, 0) is 39.0 Å². The summed E-state index contributed by atoms with van der Waals surface area (Å²) in [6, 6.07) is 4.42. The SMILES string of the molecule is CC(NCC1COC(C)(C)O1)c1cc(O)ccc1O. The Hall–Kier alpha value is -1.30. The molecular formula is C14H21NO4. The van der Waals surface area contributed by atoms with Crippen molar-refractivity contribution in [3.8, 4) is 11.5 Å². The molecule has 106 valence electrons. The van der Waals surface area contributed by atoms with Crippen molar-refractivity contribution >= 4 is 0 Å². The van der Waals surface area contributed by atoms with E-state index < -0.39 is 5.79 Å². The van der Waals surface area contributed by atoms with Crippen molar-refractivity contribution in [1.29, 1.82) is 0 Å². The van der Waals surface area contributed by atoms with Crippen LogP contribution in [-0.4, -0.2) is 35.3 Å². The van der Waals surface area contributed by atoms with E-state index in [4.69, 9.17) is 9.47 Å². The standard InChI is InChI=1S/C14H21NO4/c1-9(12-6-10(16)4-5-13(12)17)15-7-11-8-18-14(2,3)19-11/h4-6,9,11,15-17H,7-8H2,1-3H3. The maximum atomic E-state index is 9.77. The van der Waals surface area contributed by atoms with Gasteiger partial charge in [0.1, 0.15) is 11.5 Å². The van der Waals surface area contributed by atoms with Crippen molar-refractivity contribution in [2.24, 2.45) is 0 Å². The zero-order chi connectivity index (χ0) is 14.0. The Kier molecular flexibility index (Phi) is 3.99. The average Bonchev–Trinajstić information content (AvgIpc) is 2.69. The number of benzene rings is 1. The van der Waals surface area contributed by atoms with Crippen LogP contribution in [0.3, 0.4) is 0 Å². The summed E-state index contributed by atoms with van der Waals surface area (Å²) in [4.78, 5) is 0. The van der Waals surface area contributed by atoms with Gasteiger partial charge in [-0.15, -0.1) is 0 Å². The second-order valence-electron chi connectivity index (χ2n) is 5.32. The fourth-order valence-electron chi connectivity index (χ4n) is 2.17. The Morgan fingerprint density at radius 2 is 2.16 bits per heavy atom. The molecule has 2 unspecified atom stereocenters. The Bertz CT molecular complexity index is 447. The summed E-state index contributed by atoms with van der Waals surface area (Å²) in [7, 11) is 0. The van der Waals surface area contributed by atoms with Crippen LogP contribution < -0.4 is 5.32 Å². The number of aromatic hydroxyl groups is 2. The molecule has 1 aliphatic heterocycles. The second-order valence-corrected chi connectivity index (χ2v) is 5.32. The number of nitrogens with one attached hydrogen (secondary N) is 1. The molecule has 1 aromatic carbocycles. The third kappa shape index (κ3) is 3.59. The predicted octanol–water partition coefficient (Wildman–Crippen LogP) is 1.90. The monoisotopic (exact) mass is 267 g/mol. The van der Waals surface area contributed by atoms with E-state index >= 15 is 0 Å². The first kappa shape index (κ1) is 14.1. The van der Waals surface area contributed by atoms with Gasteiger partial charge in [0.2, 0.25) is 0 Å². The Morgan fingerprint density at radius 3 is 2.79 bits per heavy atom. The number of phenolic OH excluding ortho intramolecular Hbond substituents is 2. The highest BCUT2D eigenvalue weighted by atomic mass is 16.7. The molecule has 2 rings (SSSR count). The summed E-state index contributed by atoms with van der Waals surface area (Å²) in [5.41, 5.74) is 0.665. The van der Waals surface area contributed by atoms with E-state index in [9.17, 15) is 10.2 Å². The van der Waals surface area contributed by atoms with Crippen LogP contribution in [0.15, 0.2) is 18.2 Å². The summed E-state index contributed by atoms with van der Waals surface area (Å²) < 4.78 is 11.2. The van der Waals surface area contributed by atoms with E-state index in [1.165, 1.54) is 12.1 Å². The lowest BCUT2D eigenvalue weighted by molar-refractivity contribution is -0.137. The minimum Gasteiger partial charge on any atom is -0.508 e. The summed E-state index contributed by atoms with van der Waals surface area (Å²) >= 11 is 0. The van der Waals surface area contributed by atoms with E-state index in [0.29, 0.717) is 18.7 Å². The lowest BCUT2D eigenvalue weighted by Gasteiger charge is -2.20. The molecule has 3 N–H and O–H groups in total. The van der Waals surface area contributed by atoms with Crippen molar-refractivity contribution in [2.45, 2.75) is 38.7 Å². The minimum atomic E-state index is -0.525. The summed E-state index contributed by atoms with van der Waals surface area (Å²) in [5, 5.41) is 22.5. The van der Waals surface area contributed by atoms with Crippen molar-refractivity contribution in [3.05, 3.63) is 23.8 Å². The van der Waals surface area contributed by atoms with E-state index in [1.54, 1.807) is 6.07 Å². The van der Waals surface area contributed by atoms with Gasteiger partial charge >= 0.3 is 0 Å². The molecule has 0 saturated carbocycles. The zero-order valence-corrected chi connectivity index (χ0v) is 11.5. The van der Waals surface area contributed by atoms with Gasteiger partial charge in [0.25, 0.3) is 0 Å². The maximum absolute atomic E-state index is 9.77. The van der Waals surface area contributed by atoms with Crippen LogP contribution in [0.1, 0.15) is 32.4 Å². The highest BCUT2D eigenvalue weighted by Gasteiger charge is 2.32. The van der Waals surface area contributed by atoms with Gasteiger partial charge < -0.3 is 25.0 Å². The lowest BCUT2D eigenvalue weighted by Crippen LogP contribution is -2.32. The molecule has 0 amide bonds. The van der Waals surface area contributed by atoms with Gasteiger partial charge in [-0.3, -0.25) is 0 Å². The van der Waals surface area contributed by atoms with E-state index in [2.05, 4.69) is 5.32 Å². The largest absolute Gasteiger partial charge is 0.508 e. The third-order valence-electron chi connectivity index (χ3n) is 3.20. The number of phenols is 2. The molecule has 1 aromatic rings. The van der Waals surface area contributed by atoms with Crippen LogP contribution in [0, 0.1) is 0 Å². The highest BCUT2D eigenvalue weighted by molar-refractivity contribution is 5.40. The van der Waals surface area contributed by atoms with Crippen LogP contribution in [-0.2, 0) is 9.47 Å². The normalized spacial score (nSPS) is 23.4. The van der Waals surface area contributed by atoms with E-state index in [-0.39, 0.29) is 23.6 Å². The van der Waals surface area contributed by atoms with Crippen LogP contribution in [0.25, 0.3) is 0 Å². The van der Waals surface area contributed by atoms with Crippen LogP contribution in [0.2, 0.25) is 0 Å². The topological polar surface area (TPSA) is 71.0 Å². The maximum Gasteiger partial charge on any atom is 0.163 e. The Labute approximate surface area is 113 Å². The summed E-state index contributed by atoms with van der Waals surface area (Å²) in [6.07, 6.45) is -0.00287. The molecule has 0 spiro atoms. The third-order valence-corrected chi connectivity index (χ3v) is 3.20. The molecule has 0 radical (unpaired) electrons. The molecule has 0 bridgehead atoms. The number of ether oxygens (including phenoxy) is 2. The van der Waals surface area contributed by atoms with Crippen molar-refractivity contribution < 1.29 is 19.7 Å². The molecule has 1 saturated heterocycles. The van der Waals surface area contributed by atoms with Crippen LogP contribution >= 0.6 is 0 Å². The highest BCUT2D eigenvalue weighted by Crippen LogP contribution is 2.28. The molecule has 5 heteroatoms. The van der Waals surface area contributed by atoms with Gasteiger partial charge in [-0.2, -0.15) is 0 Å². The molecular weight excluding hydrogens is 246 g/mol. The number of hydrogen-bond donors (Lipinski definition) is 3. The van der Waals surface area contributed by atoms with Crippen LogP contribution in [0.4, 0.5) is 0 Å². The van der Waals surface area contributed by atoms with E-state index in [0.717, 1.165) is 0 Å². The molecule has 0 aromatic heterocycles.